The molecule has 99 heavy (non-hydrogen) atoms. The van der Waals surface area contributed by atoms with Crippen LogP contribution in [0, 0.1) is 0 Å². The molecular formula is C84H110O14Si. The molecule has 4 unspecified atom stereocenters. The average Bonchev–Trinajstić information content (AvgIpc) is 0.792. The molecule has 0 radical (unpaired) electrons. The molecule has 15 heteroatoms. The Morgan fingerprint density at radius 3 is 0.970 bits per heavy atom. The van der Waals surface area contributed by atoms with Gasteiger partial charge in [0.15, 0.2) is 0 Å². The van der Waals surface area contributed by atoms with Crippen molar-refractivity contribution in [1.82, 2.24) is 0 Å². The van der Waals surface area contributed by atoms with Crippen LogP contribution in [-0.4, -0.2) is 115 Å². The second-order valence-corrected chi connectivity index (χ2v) is 29.7. The Kier molecular flexibility index (Phi) is 34.1. The Morgan fingerprint density at radius 2 is 0.667 bits per heavy atom. The van der Waals surface area contributed by atoms with Crippen LogP contribution in [0.3, 0.4) is 0 Å². The predicted octanol–water partition coefficient (Wildman–Crippen LogP) is 16.1. The summed E-state index contributed by atoms with van der Waals surface area (Å²) in [6.07, 6.45) is 5.03. The van der Waals surface area contributed by atoms with Crippen LogP contribution in [0.4, 0.5) is 0 Å². The molecular weight excluding hydrogens is 1260 g/mol. The fourth-order valence-corrected chi connectivity index (χ4v) is 17.5. The highest BCUT2D eigenvalue weighted by Crippen LogP contribution is 2.44. The number of methoxy groups -OCH3 is 4. The third kappa shape index (κ3) is 22.2. The van der Waals surface area contributed by atoms with Crippen molar-refractivity contribution in [3.63, 3.8) is 0 Å². The first-order valence-corrected chi connectivity index (χ1v) is 35.9. The van der Waals surface area contributed by atoms with Crippen LogP contribution < -0.4 is 29.3 Å². The molecule has 0 heterocycles. The molecule has 14 nitrogen and oxygen atoms in total. The van der Waals surface area contributed by atoms with E-state index in [1.54, 1.807) is 28.4 Å². The highest BCUT2D eigenvalue weighted by atomic mass is 28.4. The summed E-state index contributed by atoms with van der Waals surface area (Å²) in [5.41, 5.74) is 4.21. The molecule has 8 aromatic carbocycles. The first kappa shape index (κ1) is 81.6. The zero-order chi connectivity index (χ0) is 69.5. The van der Waals surface area contributed by atoms with E-state index in [1.807, 2.05) is 121 Å². The number of ether oxygens (including phenoxy) is 8. The second kappa shape index (κ2) is 41.4. The summed E-state index contributed by atoms with van der Waals surface area (Å²) in [7, 11) is 3.99. The summed E-state index contributed by atoms with van der Waals surface area (Å²) >= 11 is 0. The third-order valence-electron chi connectivity index (χ3n) is 17.8. The number of unbranched alkanes of at least 4 members (excludes halogenated alkanes) is 4. The Balaban J connectivity index is 0.000000359. The molecule has 8 rings (SSSR count). The monoisotopic (exact) mass is 1370 g/mol. The number of rotatable bonds is 38. The quantitative estimate of drug-likeness (QED) is 0.0144. The number of esters is 2. The van der Waals surface area contributed by atoms with E-state index < -0.39 is 55.9 Å². The van der Waals surface area contributed by atoms with Crippen LogP contribution in [0.15, 0.2) is 218 Å². The van der Waals surface area contributed by atoms with Crippen LogP contribution in [0.5, 0.6) is 23.0 Å². The van der Waals surface area contributed by atoms with Gasteiger partial charge in [0.05, 0.1) is 40.6 Å². The molecule has 534 valence electrons. The number of carbonyl (C=O) groups excluding carboxylic acids is 2. The maximum absolute atomic E-state index is 11.8. The van der Waals surface area contributed by atoms with Crippen molar-refractivity contribution < 1.29 is 67.2 Å². The summed E-state index contributed by atoms with van der Waals surface area (Å²) in [5.74, 6) is 2.21. The molecule has 0 aromatic heterocycles. The van der Waals surface area contributed by atoms with E-state index in [2.05, 4.69) is 118 Å². The Labute approximate surface area is 591 Å². The summed E-state index contributed by atoms with van der Waals surface area (Å²) in [5, 5.41) is 33.6. The van der Waals surface area contributed by atoms with Crippen molar-refractivity contribution >= 4 is 30.6 Å². The van der Waals surface area contributed by atoms with Gasteiger partial charge in [-0.2, -0.15) is 0 Å². The van der Waals surface area contributed by atoms with E-state index in [9.17, 15) is 24.9 Å². The zero-order valence-electron chi connectivity index (χ0n) is 58.2. The molecule has 4 atom stereocenters. The van der Waals surface area contributed by atoms with Gasteiger partial charge in [0.25, 0.3) is 8.32 Å². The van der Waals surface area contributed by atoms with E-state index >= 15 is 0 Å². The molecule has 0 fully saturated rings. The Bertz CT molecular complexity index is 3360. The maximum atomic E-state index is 11.8. The van der Waals surface area contributed by atoms with Crippen LogP contribution in [0.25, 0.3) is 0 Å². The fourth-order valence-electron chi connectivity index (χ4n) is 12.9. The molecule has 0 aliphatic carbocycles. The molecule has 3 N–H and O–H groups in total. The lowest BCUT2D eigenvalue weighted by atomic mass is 9.80. The summed E-state index contributed by atoms with van der Waals surface area (Å²) < 4.78 is 53.6. The van der Waals surface area contributed by atoms with Crippen molar-refractivity contribution in [3.8, 4) is 23.0 Å². The van der Waals surface area contributed by atoms with E-state index in [0.717, 1.165) is 94.9 Å². The molecule has 0 saturated heterocycles. The third-order valence-corrected chi connectivity index (χ3v) is 22.8. The highest BCUT2D eigenvalue weighted by Gasteiger charge is 2.50. The number of benzene rings is 8. The molecule has 0 amide bonds. The van der Waals surface area contributed by atoms with Crippen LogP contribution in [-0.2, 0) is 44.2 Å². The van der Waals surface area contributed by atoms with E-state index in [0.29, 0.717) is 58.3 Å². The number of carbonyl (C=O) groups is 2. The van der Waals surface area contributed by atoms with Crippen LogP contribution in [0.2, 0.25) is 5.04 Å². The van der Waals surface area contributed by atoms with Crippen molar-refractivity contribution in [2.24, 2.45) is 0 Å². The molecule has 0 aliphatic rings. The maximum Gasteiger partial charge on any atom is 0.303 e. The minimum absolute atomic E-state index is 0. The van der Waals surface area contributed by atoms with Gasteiger partial charge in [0, 0.05) is 40.3 Å². The lowest BCUT2D eigenvalue weighted by Gasteiger charge is -2.43. The number of hydrogen-bond donors (Lipinski definition) is 3. The number of hydrogen-bond acceptors (Lipinski definition) is 14. The predicted molar refractivity (Wildman–Crippen MR) is 399 cm³/mol. The van der Waals surface area contributed by atoms with Gasteiger partial charge in [-0.05, 0) is 155 Å². The molecule has 8 aromatic rings. The summed E-state index contributed by atoms with van der Waals surface area (Å²) in [4.78, 5) is 23.5. The molecule has 0 aliphatic heterocycles. The zero-order valence-corrected chi connectivity index (χ0v) is 59.2. The van der Waals surface area contributed by atoms with E-state index in [-0.39, 0.29) is 26.5 Å². The second-order valence-electron chi connectivity index (χ2n) is 25.4. The van der Waals surface area contributed by atoms with Gasteiger partial charge in [0.1, 0.15) is 46.4 Å². The minimum atomic E-state index is -2.64. The highest BCUT2D eigenvalue weighted by molar-refractivity contribution is 6.99. The topological polar surface area (TPSA) is 178 Å². The van der Waals surface area contributed by atoms with Gasteiger partial charge in [-0.3, -0.25) is 9.59 Å². The summed E-state index contributed by atoms with van der Waals surface area (Å²) in [6.45, 7) is 10.9. The van der Waals surface area contributed by atoms with Gasteiger partial charge in [0.2, 0.25) is 0 Å². The SMILES string of the molecule is C.C.COc1ccc(C(OCCCCCC(O)C(O)CCCO[Si](c2ccccc2)(c2ccccc2)C(C)(C)C)(c2ccccc2)c2ccc(OC)cc2)cc1.COc1ccc(C(OCCCCCC(OC(C)=O)C(CCCO)OC(C)=O)(c2ccccc2)c2ccc(OC)cc2)cc1. The first-order chi connectivity index (χ1) is 47.0. The molecule has 0 bridgehead atoms. The number of aliphatic hydroxyl groups excluding tert-OH is 3. The van der Waals surface area contributed by atoms with Gasteiger partial charge in [-0.15, -0.1) is 0 Å². The van der Waals surface area contributed by atoms with Crippen LogP contribution in [0.1, 0.15) is 160 Å². The van der Waals surface area contributed by atoms with Gasteiger partial charge in [-0.25, -0.2) is 0 Å². The Morgan fingerprint density at radius 1 is 0.374 bits per heavy atom. The lowest BCUT2D eigenvalue weighted by molar-refractivity contribution is -0.166. The normalized spacial score (nSPS) is 12.8. The van der Waals surface area contributed by atoms with Crippen molar-refractivity contribution in [3.05, 3.63) is 252 Å². The van der Waals surface area contributed by atoms with E-state index in [4.69, 9.17) is 42.3 Å². The standard InChI is InChI=1S/C47H58O6Si.C35H44O8.2CH4/c1-46(2,3)54(42-21-12-7-13-22-42,43-23-14-8-15-24-43)53-36-18-26-45(49)44(48)25-16-9-17-35-52-47(37-19-10-6-11-20-37,38-27-31-40(50-4)32-28-38)39-29-33-41(51-5)34-30-39;1-26(37)42-33(34(15-11-24-36)43-27(2)38)14-9-6-10-25-41-35(28-12-7-5-8-13-28,29-16-20-31(39-3)21-17-29)30-18-22-32(40-4)23-19-30;;/h6-8,10-15,19-24,27-34,44-45,48-49H,9,16-18,25-26,35-36H2,1-5H3;5,7-8,12-13,16-23,33-34,36H,6,9-11,14-15,24-25H2,1-4H3;2*1H4. The van der Waals surface area contributed by atoms with E-state index in [1.165, 1.54) is 24.2 Å². The van der Waals surface area contributed by atoms with Crippen molar-refractivity contribution in [2.45, 2.75) is 167 Å². The lowest BCUT2D eigenvalue weighted by Crippen LogP contribution is -2.66. The van der Waals surface area contributed by atoms with Gasteiger partial charge >= 0.3 is 11.9 Å². The fraction of sp³-hybridized carbons (Fsp3) is 0.405. The van der Waals surface area contributed by atoms with Crippen molar-refractivity contribution in [1.29, 1.82) is 0 Å². The number of aliphatic hydroxyl groups is 3. The first-order valence-electron chi connectivity index (χ1n) is 34.0. The summed E-state index contributed by atoms with van der Waals surface area (Å²) in [6, 6.07) is 73.6. The van der Waals surface area contributed by atoms with Gasteiger partial charge in [-0.1, -0.05) is 225 Å². The molecule has 0 saturated carbocycles. The molecule has 0 spiro atoms. The van der Waals surface area contributed by atoms with Crippen molar-refractivity contribution in [2.75, 3.05) is 54.9 Å². The largest absolute Gasteiger partial charge is 0.497 e. The van der Waals surface area contributed by atoms with Crippen LogP contribution >= 0.6 is 0 Å². The minimum Gasteiger partial charge on any atom is -0.497 e. The average molecular weight is 1370 g/mol. The smallest absolute Gasteiger partial charge is 0.303 e. The Hall–Kier alpha value is -8.12. The van der Waals surface area contributed by atoms with Gasteiger partial charge < -0.3 is 57.6 Å².